The Bertz CT molecular complexity index is 361. The monoisotopic (exact) mass is 288 g/mol. The summed E-state index contributed by atoms with van der Waals surface area (Å²) in [6.45, 7) is 9.92. The first kappa shape index (κ1) is 17.3. The fourth-order valence-corrected chi connectivity index (χ4v) is 2.27. The quantitative estimate of drug-likeness (QED) is 0.588. The average molecular weight is 289 g/mol. The minimum absolute atomic E-state index is 0.199. The van der Waals surface area contributed by atoms with Crippen LogP contribution in [-0.2, 0) is 9.53 Å². The third-order valence-corrected chi connectivity index (χ3v) is 3.39. The Morgan fingerprint density at radius 2 is 1.78 bits per heavy atom. The molecule has 0 saturated heterocycles. The summed E-state index contributed by atoms with van der Waals surface area (Å²) in [7, 11) is 0. The smallest absolute Gasteiger partial charge is 0.321 e. The zero-order valence-corrected chi connectivity index (χ0v) is 13.2. The molecule has 0 atom stereocenters. The maximum atomic E-state index is 11.7. The van der Waals surface area contributed by atoms with Gasteiger partial charge in [0.1, 0.15) is 4.75 Å². The summed E-state index contributed by atoms with van der Waals surface area (Å²) < 4.78 is 4.44. The maximum absolute atomic E-state index is 11.7. The van der Waals surface area contributed by atoms with Crippen molar-refractivity contribution in [2.24, 2.45) is 0 Å². The summed E-state index contributed by atoms with van der Waals surface area (Å²) in [6.07, 6.45) is 0. The lowest BCUT2D eigenvalue weighted by Gasteiger charge is -2.21. The lowest BCUT2D eigenvalue weighted by Crippen LogP contribution is -2.29. The standard InChI is InChI=1S/C12H15ClO2S.C2H6/c1-4-15-11(14)12(2,3)16-10-7-5-9(13)6-8-10;1-2/h5-8H,4H2,1-3H3;1-2H3. The molecule has 2 nitrogen and oxygen atoms in total. The van der Waals surface area contributed by atoms with E-state index in [-0.39, 0.29) is 5.97 Å². The summed E-state index contributed by atoms with van der Waals surface area (Å²) in [5.41, 5.74) is 0. The second-order valence-electron chi connectivity index (χ2n) is 3.79. The molecule has 0 bridgehead atoms. The lowest BCUT2D eigenvalue weighted by molar-refractivity contribution is -0.145. The first-order chi connectivity index (χ1) is 8.45. The summed E-state index contributed by atoms with van der Waals surface area (Å²) >= 11 is 7.26. The number of hydrogen-bond acceptors (Lipinski definition) is 3. The van der Waals surface area contributed by atoms with Crippen LogP contribution < -0.4 is 0 Å². The average Bonchev–Trinajstić information content (AvgIpc) is 2.35. The summed E-state index contributed by atoms with van der Waals surface area (Å²) in [5, 5.41) is 0.693. The second-order valence-corrected chi connectivity index (χ2v) is 5.92. The maximum Gasteiger partial charge on any atom is 0.321 e. The highest BCUT2D eigenvalue weighted by Gasteiger charge is 2.30. The molecule has 4 heteroatoms. The van der Waals surface area contributed by atoms with Crippen molar-refractivity contribution in [3.63, 3.8) is 0 Å². The molecule has 0 saturated carbocycles. The van der Waals surface area contributed by atoms with Crippen LogP contribution in [0.3, 0.4) is 0 Å². The second kappa shape index (κ2) is 8.44. The molecule has 0 unspecified atom stereocenters. The molecular formula is C14H21ClO2S. The number of benzene rings is 1. The minimum atomic E-state index is -0.580. The van der Waals surface area contributed by atoms with Crippen molar-refractivity contribution in [3.8, 4) is 0 Å². The molecule has 0 aromatic heterocycles. The van der Waals surface area contributed by atoms with Crippen molar-refractivity contribution < 1.29 is 9.53 Å². The van der Waals surface area contributed by atoms with Gasteiger partial charge in [-0.3, -0.25) is 4.79 Å². The van der Waals surface area contributed by atoms with Gasteiger partial charge >= 0.3 is 5.97 Å². The van der Waals surface area contributed by atoms with Gasteiger partial charge in [0, 0.05) is 9.92 Å². The topological polar surface area (TPSA) is 26.3 Å². The Kier molecular flexibility index (Phi) is 8.12. The molecule has 0 radical (unpaired) electrons. The van der Waals surface area contributed by atoms with E-state index >= 15 is 0 Å². The Hall–Kier alpha value is -0.670. The van der Waals surface area contributed by atoms with Crippen LogP contribution in [0.15, 0.2) is 29.2 Å². The number of carbonyl (C=O) groups is 1. The van der Waals surface area contributed by atoms with Gasteiger partial charge < -0.3 is 4.74 Å². The zero-order valence-electron chi connectivity index (χ0n) is 11.6. The van der Waals surface area contributed by atoms with Crippen molar-refractivity contribution >= 4 is 29.3 Å². The molecule has 0 fully saturated rings. The number of esters is 1. The molecule has 0 N–H and O–H groups in total. The van der Waals surface area contributed by atoms with Crippen LogP contribution in [0.2, 0.25) is 5.02 Å². The highest BCUT2D eigenvalue weighted by molar-refractivity contribution is 8.01. The molecule has 0 aliphatic carbocycles. The van der Waals surface area contributed by atoms with Gasteiger partial charge in [0.25, 0.3) is 0 Å². The number of carbonyl (C=O) groups excluding carboxylic acids is 1. The molecule has 0 aliphatic rings. The van der Waals surface area contributed by atoms with Crippen molar-refractivity contribution in [2.45, 2.75) is 44.3 Å². The molecule has 0 heterocycles. The van der Waals surface area contributed by atoms with Gasteiger partial charge in [-0.2, -0.15) is 0 Å². The van der Waals surface area contributed by atoms with Crippen LogP contribution in [0.5, 0.6) is 0 Å². The molecule has 1 aromatic rings. The van der Waals surface area contributed by atoms with Crippen LogP contribution in [0.4, 0.5) is 0 Å². The normalized spacial score (nSPS) is 10.3. The van der Waals surface area contributed by atoms with Gasteiger partial charge in [-0.15, -0.1) is 11.8 Å². The zero-order chi connectivity index (χ0) is 14.2. The van der Waals surface area contributed by atoms with E-state index in [2.05, 4.69) is 0 Å². The van der Waals surface area contributed by atoms with Crippen LogP contribution in [0.25, 0.3) is 0 Å². The number of ether oxygens (including phenoxy) is 1. The van der Waals surface area contributed by atoms with Gasteiger partial charge in [0.2, 0.25) is 0 Å². The van der Waals surface area contributed by atoms with Crippen molar-refractivity contribution in [1.29, 1.82) is 0 Å². The fourth-order valence-electron chi connectivity index (χ4n) is 1.14. The van der Waals surface area contributed by atoms with E-state index in [4.69, 9.17) is 16.3 Å². The highest BCUT2D eigenvalue weighted by atomic mass is 35.5. The predicted octanol–water partition coefficient (Wildman–Crippen LogP) is 4.80. The van der Waals surface area contributed by atoms with Crippen LogP contribution in [0.1, 0.15) is 34.6 Å². The van der Waals surface area contributed by atoms with E-state index in [1.807, 2.05) is 52.0 Å². The molecule has 18 heavy (non-hydrogen) atoms. The SMILES string of the molecule is CC.CCOC(=O)C(C)(C)Sc1ccc(Cl)cc1. The largest absolute Gasteiger partial charge is 0.465 e. The molecule has 0 amide bonds. The van der Waals surface area contributed by atoms with Gasteiger partial charge in [0.15, 0.2) is 0 Å². The Morgan fingerprint density at radius 3 is 2.22 bits per heavy atom. The van der Waals surface area contributed by atoms with E-state index in [1.54, 1.807) is 6.92 Å². The van der Waals surface area contributed by atoms with Crippen molar-refractivity contribution in [3.05, 3.63) is 29.3 Å². The van der Waals surface area contributed by atoms with Gasteiger partial charge in [-0.25, -0.2) is 0 Å². The van der Waals surface area contributed by atoms with Crippen LogP contribution in [0, 0.1) is 0 Å². The van der Waals surface area contributed by atoms with E-state index < -0.39 is 4.75 Å². The molecule has 0 spiro atoms. The number of hydrogen-bond donors (Lipinski definition) is 0. The van der Waals surface area contributed by atoms with Gasteiger partial charge in [0.05, 0.1) is 6.61 Å². The Morgan fingerprint density at radius 1 is 1.28 bits per heavy atom. The number of rotatable bonds is 4. The number of thioether (sulfide) groups is 1. The van der Waals surface area contributed by atoms with Crippen LogP contribution >= 0.6 is 23.4 Å². The Labute approximate surface area is 119 Å². The van der Waals surface area contributed by atoms with E-state index in [9.17, 15) is 4.79 Å². The van der Waals surface area contributed by atoms with E-state index in [0.717, 1.165) is 4.90 Å². The predicted molar refractivity (Wildman–Crippen MR) is 79.4 cm³/mol. The van der Waals surface area contributed by atoms with Crippen molar-refractivity contribution in [1.82, 2.24) is 0 Å². The molecular weight excluding hydrogens is 268 g/mol. The van der Waals surface area contributed by atoms with E-state index in [0.29, 0.717) is 11.6 Å². The van der Waals surface area contributed by atoms with Crippen LogP contribution in [-0.4, -0.2) is 17.3 Å². The van der Waals surface area contributed by atoms with Gasteiger partial charge in [-0.1, -0.05) is 25.4 Å². The van der Waals surface area contributed by atoms with E-state index in [1.165, 1.54) is 11.8 Å². The first-order valence-corrected chi connectivity index (χ1v) is 7.27. The third kappa shape index (κ3) is 5.78. The van der Waals surface area contributed by atoms with Gasteiger partial charge in [-0.05, 0) is 45.0 Å². The summed E-state index contributed by atoms with van der Waals surface area (Å²) in [6, 6.07) is 7.41. The molecule has 1 aromatic carbocycles. The third-order valence-electron chi connectivity index (χ3n) is 1.95. The molecule has 1 rings (SSSR count). The summed E-state index contributed by atoms with van der Waals surface area (Å²) in [4.78, 5) is 12.7. The lowest BCUT2D eigenvalue weighted by atomic mass is 10.2. The minimum Gasteiger partial charge on any atom is -0.465 e. The Balaban J connectivity index is 0.00000137. The first-order valence-electron chi connectivity index (χ1n) is 6.07. The number of halogens is 1. The van der Waals surface area contributed by atoms with Crippen molar-refractivity contribution in [2.75, 3.05) is 6.61 Å². The highest BCUT2D eigenvalue weighted by Crippen LogP contribution is 2.33. The fraction of sp³-hybridized carbons (Fsp3) is 0.500. The summed E-state index contributed by atoms with van der Waals surface area (Å²) in [5.74, 6) is -0.199. The molecule has 102 valence electrons. The molecule has 0 aliphatic heterocycles.